The normalized spacial score (nSPS) is 14.9. The molecule has 8 heteroatoms. The van der Waals surface area contributed by atoms with Gasteiger partial charge < -0.3 is 9.64 Å². The molecule has 2 heterocycles. The van der Waals surface area contributed by atoms with Gasteiger partial charge in [-0.1, -0.05) is 0 Å². The van der Waals surface area contributed by atoms with Crippen LogP contribution in [0, 0.1) is 20.8 Å². The van der Waals surface area contributed by atoms with Crippen molar-refractivity contribution in [1.29, 1.82) is 0 Å². The van der Waals surface area contributed by atoms with Gasteiger partial charge in [-0.15, -0.1) is 0 Å². The summed E-state index contributed by atoms with van der Waals surface area (Å²) in [6.45, 7) is 7.51. The maximum atomic E-state index is 12.8. The van der Waals surface area contributed by atoms with E-state index in [-0.39, 0.29) is 11.4 Å². The fourth-order valence-corrected chi connectivity index (χ4v) is 4.77. The Hall–Kier alpha value is -2.19. The maximum absolute atomic E-state index is 12.8. The number of benzene rings is 1. The summed E-state index contributed by atoms with van der Waals surface area (Å²) in [6, 6.07) is 5.20. The summed E-state index contributed by atoms with van der Waals surface area (Å²) < 4.78 is 33.6. The highest BCUT2D eigenvalue weighted by Crippen LogP contribution is 2.25. The third-order valence-electron chi connectivity index (χ3n) is 4.96. The fourth-order valence-electron chi connectivity index (χ4n) is 3.46. The van der Waals surface area contributed by atoms with Crippen molar-refractivity contribution in [2.45, 2.75) is 51.5 Å². The molecule has 1 saturated heterocycles. The molecule has 2 aromatic rings. The molecule has 3 rings (SSSR count). The van der Waals surface area contributed by atoms with E-state index in [0.717, 1.165) is 37.2 Å². The average molecular weight is 405 g/mol. The number of piperidine rings is 1. The molecule has 1 aliphatic heterocycles. The number of sulfonamides is 1. The maximum Gasteiger partial charge on any atom is 0.241 e. The number of methoxy groups -OCH3 is 1. The summed E-state index contributed by atoms with van der Waals surface area (Å²) in [4.78, 5) is 11.5. The monoisotopic (exact) mass is 404 g/mol. The molecule has 0 amide bonds. The van der Waals surface area contributed by atoms with E-state index in [0.29, 0.717) is 23.0 Å². The summed E-state index contributed by atoms with van der Waals surface area (Å²) in [5.41, 5.74) is 2.92. The van der Waals surface area contributed by atoms with E-state index in [2.05, 4.69) is 19.6 Å². The highest BCUT2D eigenvalue weighted by Gasteiger charge is 2.20. The van der Waals surface area contributed by atoms with Crippen LogP contribution in [-0.4, -0.2) is 38.6 Å². The van der Waals surface area contributed by atoms with Gasteiger partial charge in [0, 0.05) is 18.8 Å². The predicted molar refractivity (Wildman–Crippen MR) is 109 cm³/mol. The number of rotatable bonds is 6. The van der Waals surface area contributed by atoms with Crippen LogP contribution in [0.5, 0.6) is 5.75 Å². The Balaban J connectivity index is 1.79. The summed E-state index contributed by atoms with van der Waals surface area (Å²) in [6.07, 6.45) is 3.50. The number of hydrogen-bond acceptors (Lipinski definition) is 6. The van der Waals surface area contributed by atoms with Crippen molar-refractivity contribution >= 4 is 16.0 Å². The van der Waals surface area contributed by atoms with Crippen molar-refractivity contribution in [2.24, 2.45) is 0 Å². The molecule has 7 nitrogen and oxygen atoms in total. The van der Waals surface area contributed by atoms with Crippen molar-refractivity contribution in [3.63, 3.8) is 0 Å². The van der Waals surface area contributed by atoms with Crippen LogP contribution < -0.4 is 14.4 Å². The van der Waals surface area contributed by atoms with Gasteiger partial charge in [0.05, 0.1) is 24.2 Å². The first-order valence-electron chi connectivity index (χ1n) is 9.54. The molecule has 1 aliphatic rings. The van der Waals surface area contributed by atoms with Gasteiger partial charge in [-0.2, -0.15) is 0 Å². The first-order valence-corrected chi connectivity index (χ1v) is 11.0. The van der Waals surface area contributed by atoms with Crippen LogP contribution in [0.25, 0.3) is 0 Å². The van der Waals surface area contributed by atoms with E-state index in [9.17, 15) is 8.42 Å². The van der Waals surface area contributed by atoms with Gasteiger partial charge in [0.2, 0.25) is 16.0 Å². The van der Waals surface area contributed by atoms with Crippen molar-refractivity contribution in [3.05, 3.63) is 40.7 Å². The summed E-state index contributed by atoms with van der Waals surface area (Å²) in [7, 11) is -2.09. The molecule has 0 bridgehead atoms. The Morgan fingerprint density at radius 2 is 1.75 bits per heavy atom. The Labute approximate surface area is 167 Å². The summed E-state index contributed by atoms with van der Waals surface area (Å²) in [5.74, 6) is 1.36. The van der Waals surface area contributed by atoms with Crippen LogP contribution in [0.2, 0.25) is 0 Å². The molecule has 0 saturated carbocycles. The minimum atomic E-state index is -3.67. The molecule has 0 atom stereocenters. The third-order valence-corrected chi connectivity index (χ3v) is 6.50. The minimum Gasteiger partial charge on any atom is -0.496 e. The van der Waals surface area contributed by atoms with Gasteiger partial charge in [0.1, 0.15) is 5.75 Å². The van der Waals surface area contributed by atoms with E-state index >= 15 is 0 Å². The lowest BCUT2D eigenvalue weighted by Crippen LogP contribution is -2.32. The second kappa shape index (κ2) is 8.45. The van der Waals surface area contributed by atoms with E-state index in [1.807, 2.05) is 19.9 Å². The van der Waals surface area contributed by atoms with Crippen molar-refractivity contribution in [2.75, 3.05) is 25.1 Å². The van der Waals surface area contributed by atoms with Gasteiger partial charge in [0.25, 0.3) is 0 Å². The molecule has 0 radical (unpaired) electrons. The van der Waals surface area contributed by atoms with Crippen LogP contribution in [0.15, 0.2) is 23.1 Å². The summed E-state index contributed by atoms with van der Waals surface area (Å²) in [5, 5.41) is 0. The third kappa shape index (κ3) is 4.62. The Kier molecular flexibility index (Phi) is 6.20. The van der Waals surface area contributed by atoms with Gasteiger partial charge >= 0.3 is 0 Å². The zero-order valence-corrected chi connectivity index (χ0v) is 17.8. The first-order chi connectivity index (χ1) is 13.3. The molecule has 152 valence electrons. The zero-order chi connectivity index (χ0) is 20.3. The molecule has 1 aromatic carbocycles. The number of anilines is 1. The second-order valence-corrected chi connectivity index (χ2v) is 9.00. The highest BCUT2D eigenvalue weighted by molar-refractivity contribution is 7.89. The quantitative estimate of drug-likeness (QED) is 0.797. The second-order valence-electron chi connectivity index (χ2n) is 7.26. The summed E-state index contributed by atoms with van der Waals surface area (Å²) >= 11 is 0. The van der Waals surface area contributed by atoms with Crippen LogP contribution in [0.1, 0.15) is 41.8 Å². The lowest BCUT2D eigenvalue weighted by Gasteiger charge is -2.27. The highest BCUT2D eigenvalue weighted by atomic mass is 32.2. The van der Waals surface area contributed by atoms with Crippen LogP contribution in [-0.2, 0) is 16.6 Å². The molecule has 1 aromatic heterocycles. The van der Waals surface area contributed by atoms with E-state index in [1.165, 1.54) is 6.42 Å². The van der Waals surface area contributed by atoms with Crippen molar-refractivity contribution in [1.82, 2.24) is 14.7 Å². The van der Waals surface area contributed by atoms with E-state index < -0.39 is 10.0 Å². The molecule has 0 unspecified atom stereocenters. The lowest BCUT2D eigenvalue weighted by molar-refractivity contribution is 0.411. The van der Waals surface area contributed by atoms with E-state index in [4.69, 9.17) is 4.74 Å². The molecule has 0 aliphatic carbocycles. The Bertz CT molecular complexity index is 954. The minimum absolute atomic E-state index is 0.122. The zero-order valence-electron chi connectivity index (χ0n) is 16.9. The fraction of sp³-hybridized carbons (Fsp3) is 0.500. The lowest BCUT2D eigenvalue weighted by atomic mass is 10.1. The largest absolute Gasteiger partial charge is 0.496 e. The number of hydrogen-bond donors (Lipinski definition) is 1. The number of nitrogens with one attached hydrogen (secondary N) is 1. The molecule has 28 heavy (non-hydrogen) atoms. The van der Waals surface area contributed by atoms with Gasteiger partial charge in [-0.3, -0.25) is 0 Å². The first kappa shape index (κ1) is 20.5. The van der Waals surface area contributed by atoms with Gasteiger partial charge in [-0.05, 0) is 69.4 Å². The Morgan fingerprint density at radius 1 is 1.04 bits per heavy atom. The Morgan fingerprint density at radius 3 is 2.43 bits per heavy atom. The number of aryl methyl sites for hydroxylation is 3. The molecular weight excluding hydrogens is 376 g/mol. The number of nitrogens with zero attached hydrogens (tertiary/aromatic N) is 3. The number of ether oxygens (including phenoxy) is 1. The standard InChI is InChI=1S/C20H28N4O3S/c1-14-11-19(15(2)10-18(14)27-4)28(25,26)21-13-17-12-16(3)22-20(23-17)24-8-6-5-7-9-24/h10-12,21H,5-9,13H2,1-4H3. The smallest absolute Gasteiger partial charge is 0.241 e. The SMILES string of the molecule is COc1cc(C)c(S(=O)(=O)NCc2cc(C)nc(N3CCCCC3)n2)cc1C. The predicted octanol–water partition coefficient (Wildman–Crippen LogP) is 2.88. The van der Waals surface area contributed by atoms with Gasteiger partial charge in [-0.25, -0.2) is 23.1 Å². The van der Waals surface area contributed by atoms with Crippen LogP contribution >= 0.6 is 0 Å². The van der Waals surface area contributed by atoms with Crippen molar-refractivity contribution in [3.8, 4) is 5.75 Å². The van der Waals surface area contributed by atoms with Gasteiger partial charge in [0.15, 0.2) is 0 Å². The molecule has 1 fully saturated rings. The molecule has 1 N–H and O–H groups in total. The average Bonchev–Trinajstić information content (AvgIpc) is 2.68. The molecular formula is C20H28N4O3S. The topological polar surface area (TPSA) is 84.4 Å². The van der Waals surface area contributed by atoms with Crippen LogP contribution in [0.4, 0.5) is 5.95 Å². The van der Waals surface area contributed by atoms with Crippen LogP contribution in [0.3, 0.4) is 0 Å². The number of aromatic nitrogens is 2. The molecule has 0 spiro atoms. The van der Waals surface area contributed by atoms with Crippen molar-refractivity contribution < 1.29 is 13.2 Å². The van der Waals surface area contributed by atoms with E-state index in [1.54, 1.807) is 26.2 Å².